The first-order valence-corrected chi connectivity index (χ1v) is 7.13. The fourth-order valence-corrected chi connectivity index (χ4v) is 2.95. The number of carbonyl (C=O) groups excluding carboxylic acids is 2. The molecule has 2 heterocycles. The van der Waals surface area contributed by atoms with Crippen LogP contribution in [0.15, 0.2) is 0 Å². The van der Waals surface area contributed by atoms with E-state index in [1.54, 1.807) is 9.80 Å². The molecule has 0 aliphatic carbocycles. The Morgan fingerprint density at radius 1 is 1.29 bits per heavy atom. The number of likely N-dealkylation sites (tertiary alicyclic amines) is 2. The van der Waals surface area contributed by atoms with Crippen molar-refractivity contribution in [2.24, 2.45) is 17.4 Å². The van der Waals surface area contributed by atoms with Gasteiger partial charge in [0, 0.05) is 26.2 Å². The lowest BCUT2D eigenvalue weighted by Crippen LogP contribution is -2.51. The van der Waals surface area contributed by atoms with Gasteiger partial charge in [-0.05, 0) is 19.3 Å². The van der Waals surface area contributed by atoms with Crippen molar-refractivity contribution in [2.75, 3.05) is 32.7 Å². The van der Waals surface area contributed by atoms with Gasteiger partial charge in [0.1, 0.15) is 5.54 Å². The second-order valence-electron chi connectivity index (χ2n) is 6.00. The molecule has 2 amide bonds. The highest BCUT2D eigenvalue weighted by Gasteiger charge is 2.42. The van der Waals surface area contributed by atoms with Crippen LogP contribution in [0.25, 0.3) is 0 Å². The number of aliphatic carboxylic acids is 1. The van der Waals surface area contributed by atoms with Gasteiger partial charge in [-0.1, -0.05) is 0 Å². The summed E-state index contributed by atoms with van der Waals surface area (Å²) in [6.45, 7) is 1.76. The molecule has 0 aromatic heterocycles. The summed E-state index contributed by atoms with van der Waals surface area (Å²) in [6.07, 6.45) is 1.81. The van der Waals surface area contributed by atoms with Gasteiger partial charge < -0.3 is 21.5 Å². The van der Waals surface area contributed by atoms with E-state index in [0.717, 1.165) is 6.42 Å². The number of hydrogen-bond donors (Lipinski definition) is 3. The molecule has 0 spiro atoms. The Morgan fingerprint density at radius 3 is 2.57 bits per heavy atom. The summed E-state index contributed by atoms with van der Waals surface area (Å²) >= 11 is 0. The minimum absolute atomic E-state index is 0.101. The van der Waals surface area contributed by atoms with Gasteiger partial charge in [-0.15, -0.1) is 0 Å². The number of carboxylic acids is 1. The number of amides is 2. The van der Waals surface area contributed by atoms with Crippen molar-refractivity contribution >= 4 is 17.8 Å². The highest BCUT2D eigenvalue weighted by Crippen LogP contribution is 2.20. The van der Waals surface area contributed by atoms with Gasteiger partial charge in [-0.3, -0.25) is 19.3 Å². The Labute approximate surface area is 123 Å². The summed E-state index contributed by atoms with van der Waals surface area (Å²) in [7, 11) is 0. The number of nitrogens with zero attached hydrogens (tertiary/aromatic N) is 2. The lowest BCUT2D eigenvalue weighted by molar-refractivity contribution is -0.143. The van der Waals surface area contributed by atoms with Crippen LogP contribution in [-0.4, -0.2) is 71.0 Å². The van der Waals surface area contributed by atoms with Crippen molar-refractivity contribution in [2.45, 2.75) is 24.8 Å². The third kappa shape index (κ3) is 3.51. The van der Waals surface area contributed by atoms with Crippen LogP contribution in [-0.2, 0) is 14.4 Å². The fourth-order valence-electron chi connectivity index (χ4n) is 2.95. The molecule has 2 rings (SSSR count). The van der Waals surface area contributed by atoms with Gasteiger partial charge >= 0.3 is 5.97 Å². The van der Waals surface area contributed by atoms with E-state index < -0.39 is 11.5 Å². The van der Waals surface area contributed by atoms with Crippen LogP contribution in [0.2, 0.25) is 0 Å². The molecule has 0 aromatic rings. The maximum absolute atomic E-state index is 12.2. The largest absolute Gasteiger partial charge is 0.480 e. The standard InChI is InChI=1S/C13H22N4O4/c14-11(19)9-2-1-4-17(6-9)10(18)7-16-5-3-13(15,8-16)12(20)21/h9H,1-8,15H2,(H2,14,19)(H,20,21). The van der Waals surface area contributed by atoms with Crippen LogP contribution >= 0.6 is 0 Å². The van der Waals surface area contributed by atoms with E-state index in [-0.39, 0.29) is 30.8 Å². The molecule has 2 unspecified atom stereocenters. The second-order valence-corrected chi connectivity index (χ2v) is 6.00. The highest BCUT2D eigenvalue weighted by molar-refractivity contribution is 5.82. The Bertz CT molecular complexity index is 455. The van der Waals surface area contributed by atoms with Gasteiger partial charge in [-0.25, -0.2) is 0 Å². The SMILES string of the molecule is NC(=O)C1CCCN(C(=O)CN2CCC(N)(C(=O)O)C2)C1. The zero-order valence-electron chi connectivity index (χ0n) is 12.0. The van der Waals surface area contributed by atoms with Crippen molar-refractivity contribution in [1.82, 2.24) is 9.80 Å². The van der Waals surface area contributed by atoms with Crippen LogP contribution in [0.4, 0.5) is 0 Å². The van der Waals surface area contributed by atoms with Crippen LogP contribution in [0.3, 0.4) is 0 Å². The van der Waals surface area contributed by atoms with Crippen molar-refractivity contribution in [1.29, 1.82) is 0 Å². The normalized spacial score (nSPS) is 30.3. The number of rotatable bonds is 4. The third-order valence-corrected chi connectivity index (χ3v) is 4.34. The van der Waals surface area contributed by atoms with Crippen LogP contribution in [0, 0.1) is 5.92 Å². The first-order chi connectivity index (χ1) is 9.82. The maximum Gasteiger partial charge on any atom is 0.325 e. The average molecular weight is 298 g/mol. The molecule has 2 fully saturated rings. The van der Waals surface area contributed by atoms with Gasteiger partial charge in [0.2, 0.25) is 11.8 Å². The van der Waals surface area contributed by atoms with E-state index in [4.69, 9.17) is 16.6 Å². The van der Waals surface area contributed by atoms with E-state index in [1.165, 1.54) is 0 Å². The van der Waals surface area contributed by atoms with Crippen molar-refractivity contribution in [3.05, 3.63) is 0 Å². The predicted molar refractivity (Wildman–Crippen MR) is 74.1 cm³/mol. The number of carbonyl (C=O) groups is 3. The summed E-state index contributed by atoms with van der Waals surface area (Å²) < 4.78 is 0. The molecule has 2 aliphatic heterocycles. The third-order valence-electron chi connectivity index (χ3n) is 4.34. The van der Waals surface area contributed by atoms with Crippen LogP contribution in [0.5, 0.6) is 0 Å². The van der Waals surface area contributed by atoms with E-state index in [1.807, 2.05) is 0 Å². The molecule has 0 bridgehead atoms. The maximum atomic E-state index is 12.2. The van der Waals surface area contributed by atoms with E-state index in [9.17, 15) is 14.4 Å². The summed E-state index contributed by atoms with van der Waals surface area (Å²) in [6, 6.07) is 0. The van der Waals surface area contributed by atoms with Crippen molar-refractivity contribution in [3.8, 4) is 0 Å². The molecule has 8 heteroatoms. The van der Waals surface area contributed by atoms with Crippen LogP contribution in [0.1, 0.15) is 19.3 Å². The highest BCUT2D eigenvalue weighted by atomic mass is 16.4. The first-order valence-electron chi connectivity index (χ1n) is 7.13. The molecule has 0 saturated carbocycles. The molecule has 2 saturated heterocycles. The average Bonchev–Trinajstić information content (AvgIpc) is 2.81. The molecule has 21 heavy (non-hydrogen) atoms. The smallest absolute Gasteiger partial charge is 0.325 e. The van der Waals surface area contributed by atoms with E-state index in [2.05, 4.69) is 0 Å². The van der Waals surface area contributed by atoms with Gasteiger partial charge in [-0.2, -0.15) is 0 Å². The van der Waals surface area contributed by atoms with Crippen molar-refractivity contribution in [3.63, 3.8) is 0 Å². The van der Waals surface area contributed by atoms with Gasteiger partial charge in [0.15, 0.2) is 0 Å². The van der Waals surface area contributed by atoms with Crippen molar-refractivity contribution < 1.29 is 19.5 Å². The van der Waals surface area contributed by atoms with E-state index in [0.29, 0.717) is 32.5 Å². The Balaban J connectivity index is 1.88. The fraction of sp³-hybridized carbons (Fsp3) is 0.769. The molecule has 8 nitrogen and oxygen atoms in total. The lowest BCUT2D eigenvalue weighted by Gasteiger charge is -2.32. The Hall–Kier alpha value is -1.67. The number of nitrogens with two attached hydrogens (primary N) is 2. The molecule has 0 radical (unpaired) electrons. The number of primary amides is 1. The molecular weight excluding hydrogens is 276 g/mol. The minimum Gasteiger partial charge on any atom is -0.480 e. The Kier molecular flexibility index (Phi) is 4.48. The second kappa shape index (κ2) is 5.98. The lowest BCUT2D eigenvalue weighted by atomic mass is 9.97. The molecule has 2 atom stereocenters. The Morgan fingerprint density at radius 2 is 2.00 bits per heavy atom. The molecular formula is C13H22N4O4. The number of carboxylic acid groups (broad SMARTS) is 1. The summed E-state index contributed by atoms with van der Waals surface area (Å²) in [5, 5.41) is 9.07. The zero-order valence-corrected chi connectivity index (χ0v) is 12.0. The number of hydrogen-bond acceptors (Lipinski definition) is 5. The first kappa shape index (κ1) is 15.7. The quantitative estimate of drug-likeness (QED) is 0.561. The summed E-state index contributed by atoms with van der Waals surface area (Å²) in [5.41, 5.74) is 9.81. The summed E-state index contributed by atoms with van der Waals surface area (Å²) in [4.78, 5) is 37.9. The molecule has 118 valence electrons. The van der Waals surface area contributed by atoms with Gasteiger partial charge in [0.25, 0.3) is 0 Å². The number of piperidine rings is 1. The molecule has 0 aromatic carbocycles. The minimum atomic E-state index is -1.27. The molecule has 5 N–H and O–H groups in total. The monoisotopic (exact) mass is 298 g/mol. The predicted octanol–water partition coefficient (Wildman–Crippen LogP) is -1.80. The topological polar surface area (TPSA) is 130 Å². The van der Waals surface area contributed by atoms with Gasteiger partial charge in [0.05, 0.1) is 12.5 Å². The van der Waals surface area contributed by atoms with E-state index >= 15 is 0 Å². The summed E-state index contributed by atoms with van der Waals surface area (Å²) in [5.74, 6) is -1.80. The molecule has 2 aliphatic rings. The van der Waals surface area contributed by atoms with Crippen LogP contribution < -0.4 is 11.5 Å². The zero-order chi connectivity index (χ0) is 15.6.